The summed E-state index contributed by atoms with van der Waals surface area (Å²) in [6.07, 6.45) is 3.59. The van der Waals surface area contributed by atoms with Crippen LogP contribution >= 0.6 is 0 Å². The molecule has 0 atom stereocenters. The van der Waals surface area contributed by atoms with Crippen LogP contribution in [0.1, 0.15) is 48.3 Å². The first-order chi connectivity index (χ1) is 7.15. The van der Waals surface area contributed by atoms with Crippen LogP contribution in [0, 0.1) is 19.9 Å². The molecule has 0 heterocycles. The minimum absolute atomic E-state index is 0. The SMILES string of the molecule is Cc1[c-]c(C)cc(C2CCC(=O)CC2)c1.[Y]. The number of ketones is 1. The molecule has 0 amide bonds. The third-order valence-corrected chi connectivity index (χ3v) is 3.18. The van der Waals surface area contributed by atoms with Gasteiger partial charge in [0.15, 0.2) is 0 Å². The van der Waals surface area contributed by atoms with E-state index in [0.717, 1.165) is 25.7 Å². The Labute approximate surface area is 123 Å². The van der Waals surface area contributed by atoms with Gasteiger partial charge in [-0.05, 0) is 18.8 Å². The van der Waals surface area contributed by atoms with Gasteiger partial charge in [-0.2, -0.15) is 34.9 Å². The van der Waals surface area contributed by atoms with Gasteiger partial charge in [-0.25, -0.2) is 0 Å². The summed E-state index contributed by atoms with van der Waals surface area (Å²) >= 11 is 0. The Kier molecular flexibility index (Phi) is 5.33. The fourth-order valence-corrected chi connectivity index (χ4v) is 2.43. The predicted octanol–water partition coefficient (Wildman–Crippen LogP) is 3.33. The van der Waals surface area contributed by atoms with Crippen molar-refractivity contribution in [2.24, 2.45) is 0 Å². The van der Waals surface area contributed by atoms with Crippen molar-refractivity contribution in [1.82, 2.24) is 0 Å². The molecule has 0 aromatic heterocycles. The topological polar surface area (TPSA) is 17.1 Å². The zero-order valence-electron chi connectivity index (χ0n) is 10.0. The molecule has 1 saturated carbocycles. The first-order valence-corrected chi connectivity index (χ1v) is 5.67. The zero-order chi connectivity index (χ0) is 10.8. The van der Waals surface area contributed by atoms with Crippen LogP contribution < -0.4 is 0 Å². The second-order valence-electron chi connectivity index (χ2n) is 4.59. The summed E-state index contributed by atoms with van der Waals surface area (Å²) < 4.78 is 0. The molecule has 1 fully saturated rings. The molecule has 0 N–H and O–H groups in total. The van der Waals surface area contributed by atoms with Gasteiger partial charge < -0.3 is 0 Å². The van der Waals surface area contributed by atoms with E-state index in [0.29, 0.717) is 11.7 Å². The first kappa shape index (κ1) is 14.1. The standard InChI is InChI=1S/C14H17O.Y/c1-10-7-11(2)9-13(8-10)12-3-5-14(15)6-4-12;/h8-9,12H,3-6H2,1-2H3;/q-1;. The molecule has 83 valence electrons. The molecular weight excluding hydrogens is 273 g/mol. The molecule has 1 aromatic rings. The fraction of sp³-hybridized carbons (Fsp3) is 0.500. The van der Waals surface area contributed by atoms with E-state index in [9.17, 15) is 4.79 Å². The van der Waals surface area contributed by atoms with Gasteiger partial charge in [0.05, 0.1) is 0 Å². The van der Waals surface area contributed by atoms with Crippen LogP contribution in [0.5, 0.6) is 0 Å². The summed E-state index contributed by atoms with van der Waals surface area (Å²) in [6, 6.07) is 7.72. The van der Waals surface area contributed by atoms with Gasteiger partial charge in [0, 0.05) is 45.6 Å². The van der Waals surface area contributed by atoms with Crippen LogP contribution in [0.4, 0.5) is 0 Å². The van der Waals surface area contributed by atoms with E-state index in [1.54, 1.807) is 0 Å². The van der Waals surface area contributed by atoms with Crippen molar-refractivity contribution in [2.45, 2.75) is 45.4 Å². The van der Waals surface area contributed by atoms with Crippen LogP contribution in [0.2, 0.25) is 0 Å². The van der Waals surface area contributed by atoms with Crippen molar-refractivity contribution in [2.75, 3.05) is 0 Å². The molecule has 1 aromatic carbocycles. The fourth-order valence-electron chi connectivity index (χ4n) is 2.43. The minimum Gasteiger partial charge on any atom is -0.300 e. The third kappa shape index (κ3) is 3.50. The molecule has 1 radical (unpaired) electrons. The van der Waals surface area contributed by atoms with Crippen molar-refractivity contribution in [1.29, 1.82) is 0 Å². The smallest absolute Gasteiger partial charge is 0.132 e. The maximum absolute atomic E-state index is 11.2. The predicted molar refractivity (Wildman–Crippen MR) is 61.0 cm³/mol. The van der Waals surface area contributed by atoms with Crippen LogP contribution in [0.3, 0.4) is 0 Å². The van der Waals surface area contributed by atoms with Crippen LogP contribution in [-0.2, 0) is 37.5 Å². The molecule has 0 saturated heterocycles. The molecule has 0 aliphatic heterocycles. The van der Waals surface area contributed by atoms with Crippen molar-refractivity contribution >= 4 is 5.78 Å². The summed E-state index contributed by atoms with van der Waals surface area (Å²) in [6.45, 7) is 4.18. The van der Waals surface area contributed by atoms with E-state index in [-0.39, 0.29) is 32.7 Å². The summed E-state index contributed by atoms with van der Waals surface area (Å²) in [5, 5.41) is 0. The van der Waals surface area contributed by atoms with E-state index in [2.05, 4.69) is 32.0 Å². The Morgan fingerprint density at radius 3 is 2.12 bits per heavy atom. The average molecular weight is 290 g/mol. The minimum atomic E-state index is 0. The molecule has 16 heavy (non-hydrogen) atoms. The Morgan fingerprint density at radius 1 is 1.12 bits per heavy atom. The van der Waals surface area contributed by atoms with Crippen molar-refractivity contribution < 1.29 is 37.5 Å². The maximum Gasteiger partial charge on any atom is 0.132 e. The first-order valence-electron chi connectivity index (χ1n) is 5.67. The molecule has 1 nitrogen and oxygen atoms in total. The molecular formula is C14H17OY-. The molecule has 0 spiro atoms. The number of carbonyl (C=O) groups is 1. The Morgan fingerprint density at radius 2 is 1.62 bits per heavy atom. The van der Waals surface area contributed by atoms with Crippen LogP contribution in [-0.4, -0.2) is 5.78 Å². The van der Waals surface area contributed by atoms with Gasteiger partial charge in [0.1, 0.15) is 5.78 Å². The number of rotatable bonds is 1. The van der Waals surface area contributed by atoms with Gasteiger partial charge in [0.2, 0.25) is 0 Å². The van der Waals surface area contributed by atoms with Gasteiger partial charge in [-0.1, -0.05) is 13.8 Å². The Balaban J connectivity index is 0.00000128. The number of carbonyl (C=O) groups excluding carboxylic acids is 1. The Bertz CT molecular complexity index is 354. The van der Waals surface area contributed by atoms with Gasteiger partial charge >= 0.3 is 0 Å². The number of aryl methyl sites for hydroxylation is 2. The quantitative estimate of drug-likeness (QED) is 0.725. The van der Waals surface area contributed by atoms with Gasteiger partial charge in [-0.3, -0.25) is 4.79 Å². The number of benzene rings is 1. The Hall–Kier alpha value is -0.00610. The summed E-state index contributed by atoms with van der Waals surface area (Å²) in [7, 11) is 0. The maximum atomic E-state index is 11.2. The van der Waals surface area contributed by atoms with E-state index < -0.39 is 0 Å². The van der Waals surface area contributed by atoms with Gasteiger partial charge in [-0.15, -0.1) is 0 Å². The molecule has 0 unspecified atom stereocenters. The average Bonchev–Trinajstić information content (AvgIpc) is 2.17. The molecule has 0 bridgehead atoms. The monoisotopic (exact) mass is 290 g/mol. The summed E-state index contributed by atoms with van der Waals surface area (Å²) in [4.78, 5) is 11.2. The summed E-state index contributed by atoms with van der Waals surface area (Å²) in [5.74, 6) is 1.02. The van der Waals surface area contributed by atoms with E-state index in [4.69, 9.17) is 0 Å². The second kappa shape index (κ2) is 6.07. The zero-order valence-corrected chi connectivity index (χ0v) is 12.9. The third-order valence-electron chi connectivity index (χ3n) is 3.18. The molecule has 1 aliphatic carbocycles. The number of hydrogen-bond donors (Lipinski definition) is 0. The molecule has 2 rings (SSSR count). The van der Waals surface area contributed by atoms with E-state index >= 15 is 0 Å². The van der Waals surface area contributed by atoms with E-state index in [1.165, 1.54) is 16.7 Å². The van der Waals surface area contributed by atoms with Crippen LogP contribution in [0.25, 0.3) is 0 Å². The van der Waals surface area contributed by atoms with Gasteiger partial charge in [0.25, 0.3) is 0 Å². The van der Waals surface area contributed by atoms with Crippen molar-refractivity contribution in [3.63, 3.8) is 0 Å². The van der Waals surface area contributed by atoms with Crippen molar-refractivity contribution in [3.05, 3.63) is 34.9 Å². The number of hydrogen-bond acceptors (Lipinski definition) is 1. The number of Topliss-reactive ketones (excluding diaryl/α,β-unsaturated/α-hetero) is 1. The second-order valence-corrected chi connectivity index (χ2v) is 4.59. The van der Waals surface area contributed by atoms with Crippen molar-refractivity contribution in [3.8, 4) is 0 Å². The molecule has 2 heteroatoms. The normalized spacial score (nSPS) is 17.0. The summed E-state index contributed by atoms with van der Waals surface area (Å²) in [5.41, 5.74) is 3.82. The largest absolute Gasteiger partial charge is 0.300 e. The molecule has 1 aliphatic rings. The van der Waals surface area contributed by atoms with Crippen LogP contribution in [0.15, 0.2) is 12.1 Å². The van der Waals surface area contributed by atoms with E-state index in [1.807, 2.05) is 0 Å².